The van der Waals surface area contributed by atoms with Gasteiger partial charge in [0.2, 0.25) is 0 Å². The normalized spacial score (nSPS) is 21.4. The van der Waals surface area contributed by atoms with Gasteiger partial charge in [-0.25, -0.2) is 0 Å². The van der Waals surface area contributed by atoms with Crippen molar-refractivity contribution in [2.24, 2.45) is 0 Å². The molecule has 1 saturated heterocycles. The molecule has 3 nitrogen and oxygen atoms in total. The molecular weight excluding hydrogens is 190 g/mol. The molecule has 90 valence electrons. The van der Waals surface area contributed by atoms with Gasteiger partial charge >= 0.3 is 0 Å². The summed E-state index contributed by atoms with van der Waals surface area (Å²) in [4.78, 5) is 2.16. The molecule has 0 amide bonds. The van der Waals surface area contributed by atoms with Crippen LogP contribution in [0.2, 0.25) is 0 Å². The lowest BCUT2D eigenvalue weighted by atomic mass is 9.86. The summed E-state index contributed by atoms with van der Waals surface area (Å²) in [6.45, 7) is 8.27. The van der Waals surface area contributed by atoms with E-state index in [0.717, 1.165) is 38.8 Å². The molecule has 0 aromatic rings. The van der Waals surface area contributed by atoms with Crippen molar-refractivity contribution in [1.29, 1.82) is 0 Å². The summed E-state index contributed by atoms with van der Waals surface area (Å²) in [6, 6.07) is 0. The molecule has 0 unspecified atom stereocenters. The number of likely N-dealkylation sites (tertiary alicyclic amines) is 1. The highest BCUT2D eigenvalue weighted by Crippen LogP contribution is 2.28. The fourth-order valence-electron chi connectivity index (χ4n) is 2.41. The van der Waals surface area contributed by atoms with Crippen molar-refractivity contribution in [3.8, 4) is 0 Å². The van der Waals surface area contributed by atoms with E-state index in [1.807, 2.05) is 13.8 Å². The van der Waals surface area contributed by atoms with E-state index in [-0.39, 0.29) is 0 Å². The maximum atomic E-state index is 10.1. The largest absolute Gasteiger partial charge is 0.389 e. The molecule has 15 heavy (non-hydrogen) atoms. The van der Waals surface area contributed by atoms with Gasteiger partial charge in [0.1, 0.15) is 0 Å². The summed E-state index contributed by atoms with van der Waals surface area (Å²) in [5, 5.41) is 20.1. The van der Waals surface area contributed by atoms with Gasteiger partial charge in [-0.3, -0.25) is 4.90 Å². The van der Waals surface area contributed by atoms with Gasteiger partial charge in [-0.2, -0.15) is 0 Å². The summed E-state index contributed by atoms with van der Waals surface area (Å²) in [5.41, 5.74) is -1.04. The second-order valence-electron chi connectivity index (χ2n) is 5.05. The van der Waals surface area contributed by atoms with E-state index in [1.165, 1.54) is 0 Å². The van der Waals surface area contributed by atoms with E-state index in [0.29, 0.717) is 6.54 Å². The van der Waals surface area contributed by atoms with Gasteiger partial charge in [0.15, 0.2) is 0 Å². The van der Waals surface area contributed by atoms with E-state index in [2.05, 4.69) is 11.8 Å². The highest BCUT2D eigenvalue weighted by molar-refractivity contribution is 4.97. The van der Waals surface area contributed by atoms with Crippen LogP contribution < -0.4 is 0 Å². The number of hydrogen-bond acceptors (Lipinski definition) is 3. The Hall–Kier alpha value is -0.120. The molecule has 0 aliphatic carbocycles. The van der Waals surface area contributed by atoms with Crippen LogP contribution in [0.5, 0.6) is 0 Å². The maximum absolute atomic E-state index is 10.1. The first kappa shape index (κ1) is 12.9. The maximum Gasteiger partial charge on any atom is 0.0900 e. The minimum atomic E-state index is -0.562. The third-order valence-corrected chi connectivity index (χ3v) is 3.59. The molecule has 0 aromatic heterocycles. The molecule has 1 aliphatic heterocycles. The molecule has 0 spiro atoms. The molecule has 2 N–H and O–H groups in total. The first-order valence-corrected chi connectivity index (χ1v) is 6.14. The number of hydrogen-bond donors (Lipinski definition) is 2. The van der Waals surface area contributed by atoms with Gasteiger partial charge in [0.05, 0.1) is 11.2 Å². The van der Waals surface area contributed by atoms with E-state index in [1.54, 1.807) is 0 Å². The zero-order valence-electron chi connectivity index (χ0n) is 10.3. The molecule has 1 rings (SSSR count). The van der Waals surface area contributed by atoms with Crippen LogP contribution >= 0.6 is 0 Å². The van der Waals surface area contributed by atoms with Crippen LogP contribution in [0.1, 0.15) is 46.5 Å². The topological polar surface area (TPSA) is 43.7 Å². The first-order valence-electron chi connectivity index (χ1n) is 6.14. The SMILES string of the molecule is CCCC1(O)CN(CC(O)(CC)CC)C1. The quantitative estimate of drug-likeness (QED) is 0.703. The van der Waals surface area contributed by atoms with Crippen LogP contribution in [-0.4, -0.2) is 45.9 Å². The van der Waals surface area contributed by atoms with E-state index in [9.17, 15) is 10.2 Å². The second kappa shape index (κ2) is 4.81. The second-order valence-corrected chi connectivity index (χ2v) is 5.05. The highest BCUT2D eigenvalue weighted by Gasteiger charge is 2.42. The number of aliphatic hydroxyl groups is 2. The van der Waals surface area contributed by atoms with Crippen molar-refractivity contribution in [2.75, 3.05) is 19.6 Å². The molecule has 1 fully saturated rings. The first-order chi connectivity index (χ1) is 6.97. The Kier molecular flexibility index (Phi) is 4.15. The van der Waals surface area contributed by atoms with Crippen molar-refractivity contribution >= 4 is 0 Å². The summed E-state index contributed by atoms with van der Waals surface area (Å²) in [7, 11) is 0. The monoisotopic (exact) mass is 215 g/mol. The van der Waals surface area contributed by atoms with Crippen LogP contribution in [0.4, 0.5) is 0 Å². The molecular formula is C12H25NO2. The van der Waals surface area contributed by atoms with Crippen LogP contribution in [0.3, 0.4) is 0 Å². The van der Waals surface area contributed by atoms with Crippen molar-refractivity contribution in [3.05, 3.63) is 0 Å². The van der Waals surface area contributed by atoms with Gasteiger partial charge in [-0.15, -0.1) is 0 Å². The smallest absolute Gasteiger partial charge is 0.0900 e. The van der Waals surface area contributed by atoms with E-state index < -0.39 is 11.2 Å². The zero-order valence-corrected chi connectivity index (χ0v) is 10.3. The lowest BCUT2D eigenvalue weighted by Gasteiger charge is -2.49. The Balaban J connectivity index is 2.33. The molecule has 0 aromatic carbocycles. The molecule has 0 bridgehead atoms. The number of β-amino-alcohol motifs (C(OH)–C–C–N with tert-alkyl or cyclic N) is 2. The Morgan fingerprint density at radius 1 is 1.20 bits per heavy atom. The average molecular weight is 215 g/mol. The summed E-state index contributed by atoms with van der Waals surface area (Å²) < 4.78 is 0. The van der Waals surface area contributed by atoms with Gasteiger partial charge in [0, 0.05) is 19.6 Å². The predicted octanol–water partition coefficient (Wildman–Crippen LogP) is 1.38. The van der Waals surface area contributed by atoms with Crippen molar-refractivity contribution in [2.45, 2.75) is 57.7 Å². The Labute approximate surface area is 93.1 Å². The molecule has 3 heteroatoms. The van der Waals surface area contributed by atoms with Crippen molar-refractivity contribution < 1.29 is 10.2 Å². The van der Waals surface area contributed by atoms with Crippen LogP contribution in [-0.2, 0) is 0 Å². The average Bonchev–Trinajstić information content (AvgIpc) is 2.16. The molecule has 0 radical (unpaired) electrons. The fraction of sp³-hybridized carbons (Fsp3) is 1.00. The minimum absolute atomic E-state index is 0.475. The predicted molar refractivity (Wildman–Crippen MR) is 61.8 cm³/mol. The van der Waals surface area contributed by atoms with Gasteiger partial charge < -0.3 is 10.2 Å². The lowest BCUT2D eigenvalue weighted by molar-refractivity contribution is -0.129. The Bertz CT molecular complexity index is 196. The van der Waals surface area contributed by atoms with Crippen LogP contribution in [0, 0.1) is 0 Å². The van der Waals surface area contributed by atoms with Gasteiger partial charge in [-0.05, 0) is 19.3 Å². The van der Waals surface area contributed by atoms with Crippen LogP contribution in [0.15, 0.2) is 0 Å². The molecule has 0 atom stereocenters. The third-order valence-electron chi connectivity index (χ3n) is 3.59. The standard InChI is InChI=1S/C12H25NO2/c1-4-7-12(15)9-13(10-12)8-11(14,5-2)6-3/h14-15H,4-10H2,1-3H3. The third kappa shape index (κ3) is 3.16. The van der Waals surface area contributed by atoms with Crippen molar-refractivity contribution in [3.63, 3.8) is 0 Å². The Morgan fingerprint density at radius 3 is 2.13 bits per heavy atom. The van der Waals surface area contributed by atoms with Gasteiger partial charge in [-0.1, -0.05) is 27.2 Å². The Morgan fingerprint density at radius 2 is 1.73 bits per heavy atom. The summed E-state index contributed by atoms with van der Waals surface area (Å²) in [5.74, 6) is 0. The minimum Gasteiger partial charge on any atom is -0.389 e. The fourth-order valence-corrected chi connectivity index (χ4v) is 2.41. The lowest BCUT2D eigenvalue weighted by Crippen LogP contribution is -2.64. The molecule has 1 aliphatic rings. The van der Waals surface area contributed by atoms with Crippen LogP contribution in [0.25, 0.3) is 0 Å². The van der Waals surface area contributed by atoms with Crippen molar-refractivity contribution in [1.82, 2.24) is 4.90 Å². The number of nitrogens with zero attached hydrogens (tertiary/aromatic N) is 1. The van der Waals surface area contributed by atoms with Gasteiger partial charge in [0.25, 0.3) is 0 Å². The highest BCUT2D eigenvalue weighted by atomic mass is 16.3. The zero-order chi connectivity index (χ0) is 11.5. The molecule has 1 heterocycles. The molecule has 0 saturated carbocycles. The summed E-state index contributed by atoms with van der Waals surface area (Å²) in [6.07, 6.45) is 3.47. The van der Waals surface area contributed by atoms with E-state index >= 15 is 0 Å². The summed E-state index contributed by atoms with van der Waals surface area (Å²) >= 11 is 0. The van der Waals surface area contributed by atoms with E-state index in [4.69, 9.17) is 0 Å². The number of rotatable bonds is 6.